The summed E-state index contributed by atoms with van der Waals surface area (Å²) in [6.45, 7) is 3.58. The zero-order valence-electron chi connectivity index (χ0n) is 15.6. The Kier molecular flexibility index (Phi) is 6.94. The fourth-order valence-corrected chi connectivity index (χ4v) is 2.76. The summed E-state index contributed by atoms with van der Waals surface area (Å²) >= 11 is 0. The molecule has 28 heavy (non-hydrogen) atoms. The lowest BCUT2D eigenvalue weighted by Crippen LogP contribution is -2.28. The Bertz CT molecular complexity index is 942. The highest BCUT2D eigenvalue weighted by atomic mass is 19.1. The maximum Gasteiger partial charge on any atom is 0.247 e. The molecule has 0 radical (unpaired) electrons. The Morgan fingerprint density at radius 3 is 2.46 bits per heavy atom. The summed E-state index contributed by atoms with van der Waals surface area (Å²) in [6.07, 6.45) is 0.495. The molecule has 1 amide bonds. The standard InChI is InChI=1S/C20H21FN4O2.FH/c1-12-9-16(7-8-17(12)21)19-24-25-20(27-19)18(23-13(2)26)10-14-3-5-15(11-22)6-4-14;/h3-9,18H,10-11,22H2,1-2H3,(H,23,26);1H. The minimum Gasteiger partial charge on any atom is -0.418 e. The van der Waals surface area contributed by atoms with Gasteiger partial charge in [0.1, 0.15) is 11.9 Å². The molecule has 8 heteroatoms. The topological polar surface area (TPSA) is 94.0 Å². The van der Waals surface area contributed by atoms with Gasteiger partial charge in [0.2, 0.25) is 17.7 Å². The van der Waals surface area contributed by atoms with Crippen molar-refractivity contribution < 1.29 is 18.3 Å². The summed E-state index contributed by atoms with van der Waals surface area (Å²) in [7, 11) is 0. The molecule has 0 bridgehead atoms. The second kappa shape index (κ2) is 9.18. The minimum absolute atomic E-state index is 0. The number of hydrogen-bond donors (Lipinski definition) is 2. The summed E-state index contributed by atoms with van der Waals surface area (Å²) in [4.78, 5) is 11.6. The third kappa shape index (κ3) is 4.98. The van der Waals surface area contributed by atoms with E-state index in [9.17, 15) is 9.18 Å². The van der Waals surface area contributed by atoms with Crippen molar-refractivity contribution in [3.63, 3.8) is 0 Å². The van der Waals surface area contributed by atoms with Gasteiger partial charge in [-0.1, -0.05) is 24.3 Å². The van der Waals surface area contributed by atoms with Crippen molar-refractivity contribution in [3.05, 3.63) is 70.9 Å². The van der Waals surface area contributed by atoms with Gasteiger partial charge in [-0.15, -0.1) is 10.2 Å². The third-order valence-corrected chi connectivity index (χ3v) is 4.22. The van der Waals surface area contributed by atoms with Crippen LogP contribution in [0, 0.1) is 12.7 Å². The van der Waals surface area contributed by atoms with Crippen LogP contribution in [0.4, 0.5) is 9.09 Å². The van der Waals surface area contributed by atoms with Crippen LogP contribution in [-0.2, 0) is 17.8 Å². The highest BCUT2D eigenvalue weighted by molar-refractivity contribution is 5.73. The molecule has 3 N–H and O–H groups in total. The Morgan fingerprint density at radius 1 is 1.18 bits per heavy atom. The number of carbonyl (C=O) groups is 1. The largest absolute Gasteiger partial charge is 0.418 e. The number of nitrogens with zero attached hydrogens (tertiary/aromatic N) is 2. The number of carbonyl (C=O) groups excluding carboxylic acids is 1. The highest BCUT2D eigenvalue weighted by Gasteiger charge is 2.21. The van der Waals surface area contributed by atoms with Gasteiger partial charge in [0.15, 0.2) is 0 Å². The van der Waals surface area contributed by atoms with Crippen LogP contribution in [0.15, 0.2) is 46.9 Å². The van der Waals surface area contributed by atoms with Crippen LogP contribution < -0.4 is 11.1 Å². The predicted octanol–water partition coefficient (Wildman–Crippen LogP) is 3.22. The van der Waals surface area contributed by atoms with Crippen molar-refractivity contribution in [2.45, 2.75) is 32.9 Å². The van der Waals surface area contributed by atoms with Crippen molar-refractivity contribution in [2.24, 2.45) is 5.73 Å². The molecular formula is C20H22F2N4O2. The maximum atomic E-state index is 13.5. The van der Waals surface area contributed by atoms with Gasteiger partial charge in [0, 0.05) is 25.5 Å². The molecule has 0 saturated heterocycles. The van der Waals surface area contributed by atoms with Crippen molar-refractivity contribution >= 4 is 5.91 Å². The van der Waals surface area contributed by atoms with E-state index in [-0.39, 0.29) is 22.3 Å². The van der Waals surface area contributed by atoms with Crippen molar-refractivity contribution in [1.29, 1.82) is 0 Å². The molecule has 0 aliphatic rings. The molecule has 1 aromatic heterocycles. The molecule has 6 nitrogen and oxygen atoms in total. The van der Waals surface area contributed by atoms with E-state index in [2.05, 4.69) is 15.5 Å². The fourth-order valence-electron chi connectivity index (χ4n) is 2.76. The van der Waals surface area contributed by atoms with Crippen LogP contribution in [0.1, 0.15) is 35.5 Å². The Labute approximate surface area is 161 Å². The van der Waals surface area contributed by atoms with Gasteiger partial charge in [-0.05, 0) is 41.8 Å². The number of aromatic nitrogens is 2. The molecule has 1 heterocycles. The SMILES string of the molecule is CC(=O)NC(Cc1ccc(CN)cc1)c1nnc(-c2ccc(F)c(C)c2)o1.F. The van der Waals surface area contributed by atoms with Crippen molar-refractivity contribution in [2.75, 3.05) is 0 Å². The van der Waals surface area contributed by atoms with Gasteiger partial charge in [-0.25, -0.2) is 4.39 Å². The van der Waals surface area contributed by atoms with Gasteiger partial charge in [0.05, 0.1) is 0 Å². The van der Waals surface area contributed by atoms with Crippen LogP contribution in [0.25, 0.3) is 11.5 Å². The minimum atomic E-state index is -0.464. The first-order valence-electron chi connectivity index (χ1n) is 8.61. The molecule has 148 valence electrons. The average Bonchev–Trinajstić information content (AvgIpc) is 3.14. The summed E-state index contributed by atoms with van der Waals surface area (Å²) in [5.41, 5.74) is 8.77. The highest BCUT2D eigenvalue weighted by Crippen LogP contribution is 2.24. The molecule has 0 spiro atoms. The summed E-state index contributed by atoms with van der Waals surface area (Å²) in [6, 6.07) is 11.9. The van der Waals surface area contributed by atoms with Crippen LogP contribution in [-0.4, -0.2) is 16.1 Å². The Hall–Kier alpha value is -3.13. The number of nitrogens with two attached hydrogens (primary N) is 1. The number of benzene rings is 2. The molecule has 1 atom stereocenters. The van der Waals surface area contributed by atoms with E-state index in [1.807, 2.05) is 24.3 Å². The normalized spacial score (nSPS) is 11.6. The number of nitrogens with one attached hydrogen (secondary N) is 1. The zero-order valence-corrected chi connectivity index (χ0v) is 15.6. The predicted molar refractivity (Wildman–Crippen MR) is 102 cm³/mol. The first-order chi connectivity index (χ1) is 13.0. The third-order valence-electron chi connectivity index (χ3n) is 4.22. The summed E-state index contributed by atoms with van der Waals surface area (Å²) in [5.74, 6) is 0.0819. The van der Waals surface area contributed by atoms with Gasteiger partial charge < -0.3 is 15.5 Å². The molecule has 0 fully saturated rings. The first-order valence-corrected chi connectivity index (χ1v) is 8.61. The Balaban J connectivity index is 0.00000280. The lowest BCUT2D eigenvalue weighted by atomic mass is 10.0. The van der Waals surface area contributed by atoms with E-state index in [1.165, 1.54) is 13.0 Å². The van der Waals surface area contributed by atoms with Gasteiger partial charge in [-0.2, -0.15) is 0 Å². The Morgan fingerprint density at radius 2 is 1.86 bits per heavy atom. The second-order valence-corrected chi connectivity index (χ2v) is 6.39. The van der Waals surface area contributed by atoms with Crippen LogP contribution >= 0.6 is 0 Å². The molecule has 0 aliphatic heterocycles. The first kappa shape index (κ1) is 21.2. The molecule has 0 saturated carbocycles. The lowest BCUT2D eigenvalue weighted by Gasteiger charge is -2.14. The van der Waals surface area contributed by atoms with E-state index in [0.29, 0.717) is 30.0 Å². The van der Waals surface area contributed by atoms with Gasteiger partial charge in [0.25, 0.3) is 0 Å². The second-order valence-electron chi connectivity index (χ2n) is 6.39. The quantitative estimate of drug-likeness (QED) is 0.676. The number of amides is 1. The fraction of sp³-hybridized carbons (Fsp3) is 0.250. The van der Waals surface area contributed by atoms with Crippen LogP contribution in [0.2, 0.25) is 0 Å². The summed E-state index contributed by atoms with van der Waals surface area (Å²) < 4.78 is 19.2. The van der Waals surface area contributed by atoms with E-state index < -0.39 is 6.04 Å². The summed E-state index contributed by atoms with van der Waals surface area (Å²) in [5, 5.41) is 11.0. The molecule has 3 rings (SSSR count). The lowest BCUT2D eigenvalue weighted by molar-refractivity contribution is -0.119. The van der Waals surface area contributed by atoms with E-state index >= 15 is 0 Å². The monoisotopic (exact) mass is 388 g/mol. The number of halogens is 2. The van der Waals surface area contributed by atoms with Crippen LogP contribution in [0.3, 0.4) is 0 Å². The average molecular weight is 388 g/mol. The van der Waals surface area contributed by atoms with Crippen molar-refractivity contribution in [1.82, 2.24) is 15.5 Å². The number of hydrogen-bond acceptors (Lipinski definition) is 5. The molecule has 0 aliphatic carbocycles. The van der Waals surface area contributed by atoms with E-state index in [1.54, 1.807) is 19.1 Å². The van der Waals surface area contributed by atoms with Gasteiger partial charge in [-0.3, -0.25) is 9.50 Å². The molecule has 2 aromatic carbocycles. The van der Waals surface area contributed by atoms with Crippen LogP contribution in [0.5, 0.6) is 0 Å². The number of aryl methyl sites for hydroxylation is 1. The zero-order chi connectivity index (χ0) is 19.4. The maximum absolute atomic E-state index is 13.5. The van der Waals surface area contributed by atoms with Crippen molar-refractivity contribution in [3.8, 4) is 11.5 Å². The van der Waals surface area contributed by atoms with E-state index in [4.69, 9.17) is 10.2 Å². The van der Waals surface area contributed by atoms with E-state index in [0.717, 1.165) is 11.1 Å². The molecule has 3 aromatic rings. The molecular weight excluding hydrogens is 366 g/mol. The number of rotatable bonds is 6. The smallest absolute Gasteiger partial charge is 0.247 e. The van der Waals surface area contributed by atoms with Gasteiger partial charge >= 0.3 is 0 Å². The molecule has 1 unspecified atom stereocenters.